The molecule has 1 aromatic rings. The minimum atomic E-state index is -0.551. The Morgan fingerprint density at radius 1 is 1.53 bits per heavy atom. The van der Waals surface area contributed by atoms with Gasteiger partial charge >= 0.3 is 0 Å². The molecule has 0 aromatic heterocycles. The standard InChI is InChI=1S/C11H14FNO2/c1-7-5-8(12)11(9(14)3-4-13)10(6-7)15-2/h5-6H,3-4,13H2,1-2H3. The summed E-state index contributed by atoms with van der Waals surface area (Å²) in [6, 6.07) is 2.94. The number of carbonyl (C=O) groups is 1. The summed E-state index contributed by atoms with van der Waals surface area (Å²) in [4.78, 5) is 11.6. The molecule has 2 N–H and O–H groups in total. The Labute approximate surface area is 88.0 Å². The van der Waals surface area contributed by atoms with Gasteiger partial charge in [0.2, 0.25) is 0 Å². The SMILES string of the molecule is COc1cc(C)cc(F)c1C(=O)CCN. The number of Topliss-reactive ketones (excluding diaryl/α,β-unsaturated/α-hetero) is 1. The van der Waals surface area contributed by atoms with Crippen LogP contribution in [-0.4, -0.2) is 19.4 Å². The highest BCUT2D eigenvalue weighted by atomic mass is 19.1. The van der Waals surface area contributed by atoms with Gasteiger partial charge in [-0.15, -0.1) is 0 Å². The lowest BCUT2D eigenvalue weighted by Crippen LogP contribution is -2.11. The number of aryl methyl sites for hydroxylation is 1. The molecule has 0 unspecified atom stereocenters. The molecule has 0 fully saturated rings. The van der Waals surface area contributed by atoms with Crippen molar-refractivity contribution in [3.63, 3.8) is 0 Å². The number of ketones is 1. The third-order valence-corrected chi connectivity index (χ3v) is 2.07. The first-order valence-corrected chi connectivity index (χ1v) is 4.67. The number of hydrogen-bond acceptors (Lipinski definition) is 3. The first-order valence-electron chi connectivity index (χ1n) is 4.67. The molecule has 82 valence electrons. The van der Waals surface area contributed by atoms with Crippen molar-refractivity contribution in [3.8, 4) is 5.75 Å². The molecule has 4 heteroatoms. The van der Waals surface area contributed by atoms with Gasteiger partial charge in [0.15, 0.2) is 5.78 Å². The first-order chi connectivity index (χ1) is 7.10. The van der Waals surface area contributed by atoms with E-state index < -0.39 is 5.82 Å². The molecule has 1 aromatic carbocycles. The van der Waals surface area contributed by atoms with Gasteiger partial charge in [-0.2, -0.15) is 0 Å². The lowest BCUT2D eigenvalue weighted by atomic mass is 10.0. The molecule has 0 aliphatic rings. The molecule has 0 radical (unpaired) electrons. The van der Waals surface area contributed by atoms with Crippen LogP contribution in [0.5, 0.6) is 5.75 Å². The van der Waals surface area contributed by atoms with E-state index in [-0.39, 0.29) is 30.1 Å². The zero-order valence-electron chi connectivity index (χ0n) is 8.84. The minimum Gasteiger partial charge on any atom is -0.496 e. The molecule has 1 rings (SSSR count). The van der Waals surface area contributed by atoms with Crippen LogP contribution < -0.4 is 10.5 Å². The summed E-state index contributed by atoms with van der Waals surface area (Å²) >= 11 is 0. The van der Waals surface area contributed by atoms with Crippen molar-refractivity contribution in [3.05, 3.63) is 29.1 Å². The van der Waals surface area contributed by atoms with Gasteiger partial charge in [0.1, 0.15) is 11.6 Å². The maximum Gasteiger partial charge on any atom is 0.170 e. The summed E-state index contributed by atoms with van der Waals surface area (Å²) in [5, 5.41) is 0. The molecule has 0 bridgehead atoms. The first kappa shape index (κ1) is 11.7. The summed E-state index contributed by atoms with van der Waals surface area (Å²) in [6.07, 6.45) is 0.121. The van der Waals surface area contributed by atoms with Crippen LogP contribution in [0, 0.1) is 12.7 Å². The van der Waals surface area contributed by atoms with Gasteiger partial charge in [-0.05, 0) is 31.2 Å². The lowest BCUT2D eigenvalue weighted by Gasteiger charge is -2.09. The Morgan fingerprint density at radius 2 is 2.20 bits per heavy atom. The Hall–Kier alpha value is -1.42. The Morgan fingerprint density at radius 3 is 2.73 bits per heavy atom. The van der Waals surface area contributed by atoms with E-state index in [9.17, 15) is 9.18 Å². The van der Waals surface area contributed by atoms with Gasteiger partial charge < -0.3 is 10.5 Å². The second-order valence-electron chi connectivity index (χ2n) is 3.29. The van der Waals surface area contributed by atoms with E-state index in [0.29, 0.717) is 5.56 Å². The largest absolute Gasteiger partial charge is 0.496 e. The van der Waals surface area contributed by atoms with Crippen molar-refractivity contribution >= 4 is 5.78 Å². The Kier molecular flexibility index (Phi) is 3.80. The maximum atomic E-state index is 13.5. The molecule has 0 aliphatic heterocycles. The Bertz CT molecular complexity index is 377. The van der Waals surface area contributed by atoms with E-state index in [0.717, 1.165) is 0 Å². The van der Waals surface area contributed by atoms with Crippen molar-refractivity contribution in [2.75, 3.05) is 13.7 Å². The molecule has 0 saturated heterocycles. The van der Waals surface area contributed by atoms with E-state index in [2.05, 4.69) is 0 Å². The molecule has 0 aliphatic carbocycles. The molecule has 0 saturated carbocycles. The molecular weight excluding hydrogens is 197 g/mol. The van der Waals surface area contributed by atoms with E-state index >= 15 is 0 Å². The third kappa shape index (κ3) is 2.53. The van der Waals surface area contributed by atoms with Gasteiger partial charge in [0.25, 0.3) is 0 Å². The fourth-order valence-electron chi connectivity index (χ4n) is 1.40. The number of nitrogens with two attached hydrogens (primary N) is 1. The fraction of sp³-hybridized carbons (Fsp3) is 0.364. The number of carbonyl (C=O) groups excluding carboxylic acids is 1. The molecule has 3 nitrogen and oxygen atoms in total. The van der Waals surface area contributed by atoms with Crippen LogP contribution in [0.1, 0.15) is 22.3 Å². The van der Waals surface area contributed by atoms with E-state index in [1.165, 1.54) is 13.2 Å². The lowest BCUT2D eigenvalue weighted by molar-refractivity contribution is 0.0978. The zero-order valence-corrected chi connectivity index (χ0v) is 8.84. The van der Waals surface area contributed by atoms with Crippen molar-refractivity contribution < 1.29 is 13.9 Å². The van der Waals surface area contributed by atoms with E-state index in [1.54, 1.807) is 13.0 Å². The second kappa shape index (κ2) is 4.89. The van der Waals surface area contributed by atoms with Crippen LogP contribution in [0.3, 0.4) is 0 Å². The summed E-state index contributed by atoms with van der Waals surface area (Å²) in [7, 11) is 1.41. The third-order valence-electron chi connectivity index (χ3n) is 2.07. The minimum absolute atomic E-state index is 0.00597. The number of methoxy groups -OCH3 is 1. The highest BCUT2D eigenvalue weighted by molar-refractivity contribution is 5.99. The highest BCUT2D eigenvalue weighted by Crippen LogP contribution is 2.24. The highest BCUT2D eigenvalue weighted by Gasteiger charge is 2.17. The van der Waals surface area contributed by atoms with Crippen LogP contribution in [0.15, 0.2) is 12.1 Å². The zero-order chi connectivity index (χ0) is 11.4. The molecule has 15 heavy (non-hydrogen) atoms. The summed E-state index contributed by atoms with van der Waals surface area (Å²) in [5.74, 6) is -0.608. The van der Waals surface area contributed by atoms with Crippen molar-refractivity contribution in [1.82, 2.24) is 0 Å². The number of benzene rings is 1. The molecule has 0 spiro atoms. The van der Waals surface area contributed by atoms with Gasteiger partial charge in [-0.25, -0.2) is 4.39 Å². The van der Waals surface area contributed by atoms with E-state index in [1.807, 2.05) is 0 Å². The monoisotopic (exact) mass is 211 g/mol. The number of ether oxygens (including phenoxy) is 1. The van der Waals surface area contributed by atoms with Gasteiger partial charge in [-0.3, -0.25) is 4.79 Å². The predicted molar refractivity (Wildman–Crippen MR) is 55.7 cm³/mol. The van der Waals surface area contributed by atoms with Gasteiger partial charge in [0.05, 0.1) is 12.7 Å². The summed E-state index contributed by atoms with van der Waals surface area (Å²) < 4.78 is 18.5. The molecule has 0 atom stereocenters. The van der Waals surface area contributed by atoms with Crippen LogP contribution in [0.25, 0.3) is 0 Å². The quantitative estimate of drug-likeness (QED) is 0.771. The van der Waals surface area contributed by atoms with E-state index in [4.69, 9.17) is 10.5 Å². The smallest absolute Gasteiger partial charge is 0.170 e. The van der Waals surface area contributed by atoms with Crippen LogP contribution >= 0.6 is 0 Å². The van der Waals surface area contributed by atoms with Crippen LogP contribution in [0.4, 0.5) is 4.39 Å². The average molecular weight is 211 g/mol. The fourth-order valence-corrected chi connectivity index (χ4v) is 1.40. The number of rotatable bonds is 4. The Balaban J connectivity index is 3.20. The van der Waals surface area contributed by atoms with Gasteiger partial charge in [0, 0.05) is 6.42 Å². The summed E-state index contributed by atoms with van der Waals surface area (Å²) in [5.41, 5.74) is 5.96. The molecular formula is C11H14FNO2. The number of halogens is 1. The van der Waals surface area contributed by atoms with Gasteiger partial charge in [-0.1, -0.05) is 0 Å². The predicted octanol–water partition coefficient (Wildman–Crippen LogP) is 1.67. The van der Waals surface area contributed by atoms with Crippen molar-refractivity contribution in [1.29, 1.82) is 0 Å². The summed E-state index contributed by atoms with van der Waals surface area (Å²) in [6.45, 7) is 1.94. The molecule has 0 heterocycles. The van der Waals surface area contributed by atoms with Crippen LogP contribution in [-0.2, 0) is 0 Å². The normalized spacial score (nSPS) is 10.1. The van der Waals surface area contributed by atoms with Crippen molar-refractivity contribution in [2.24, 2.45) is 5.73 Å². The average Bonchev–Trinajstić information content (AvgIpc) is 2.16. The number of hydrogen-bond donors (Lipinski definition) is 1. The topological polar surface area (TPSA) is 52.3 Å². The maximum absolute atomic E-state index is 13.5. The molecule has 0 amide bonds. The van der Waals surface area contributed by atoms with Crippen molar-refractivity contribution in [2.45, 2.75) is 13.3 Å². The van der Waals surface area contributed by atoms with Crippen LogP contribution in [0.2, 0.25) is 0 Å². The second-order valence-corrected chi connectivity index (χ2v) is 3.29.